The third-order valence-corrected chi connectivity index (χ3v) is 7.70. The van der Waals surface area contributed by atoms with Gasteiger partial charge in [-0.05, 0) is 50.1 Å². The van der Waals surface area contributed by atoms with Gasteiger partial charge in [-0.1, -0.05) is 24.6 Å². The van der Waals surface area contributed by atoms with E-state index in [1.54, 1.807) is 19.1 Å². The summed E-state index contributed by atoms with van der Waals surface area (Å²) in [4.78, 5) is 13.0. The molecule has 2 heterocycles. The third kappa shape index (κ3) is 4.71. The Balaban J connectivity index is 1.62. The summed E-state index contributed by atoms with van der Waals surface area (Å²) in [5.74, 6) is -0.614. The first-order valence-electron chi connectivity index (χ1n) is 10.7. The molecule has 1 amide bonds. The summed E-state index contributed by atoms with van der Waals surface area (Å²) in [6, 6.07) is 10.8. The Kier molecular flexibility index (Phi) is 6.50. The van der Waals surface area contributed by atoms with Gasteiger partial charge in [0, 0.05) is 13.1 Å². The molecule has 0 bridgehead atoms. The molecular formula is C23H23F3N4O3S. The van der Waals surface area contributed by atoms with E-state index in [9.17, 15) is 26.4 Å². The Hall–Kier alpha value is -3.18. The molecule has 0 saturated carbocycles. The van der Waals surface area contributed by atoms with Crippen LogP contribution in [-0.4, -0.2) is 41.5 Å². The maximum atomic E-state index is 13.2. The number of halogens is 3. The number of rotatable bonds is 5. The number of hydrogen-bond acceptors (Lipinski definition) is 4. The van der Waals surface area contributed by atoms with Crippen LogP contribution in [0.1, 0.15) is 40.9 Å². The molecule has 0 radical (unpaired) electrons. The summed E-state index contributed by atoms with van der Waals surface area (Å²) in [5, 5.41) is 6.71. The molecule has 0 unspecified atom stereocenters. The number of aromatic nitrogens is 2. The van der Waals surface area contributed by atoms with Gasteiger partial charge in [-0.15, -0.1) is 0 Å². The van der Waals surface area contributed by atoms with E-state index in [4.69, 9.17) is 0 Å². The zero-order valence-electron chi connectivity index (χ0n) is 18.3. The molecule has 0 spiro atoms. The van der Waals surface area contributed by atoms with E-state index in [1.807, 2.05) is 0 Å². The number of sulfonamides is 1. The van der Waals surface area contributed by atoms with Crippen LogP contribution in [0.15, 0.2) is 59.6 Å². The van der Waals surface area contributed by atoms with Gasteiger partial charge < -0.3 is 5.32 Å². The van der Waals surface area contributed by atoms with Crippen LogP contribution in [0.5, 0.6) is 0 Å². The van der Waals surface area contributed by atoms with Crippen LogP contribution < -0.4 is 5.32 Å². The van der Waals surface area contributed by atoms with Crippen molar-refractivity contribution in [2.45, 2.75) is 37.3 Å². The predicted molar refractivity (Wildman–Crippen MR) is 120 cm³/mol. The normalized spacial score (nSPS) is 15.3. The smallest absolute Gasteiger partial charge is 0.321 e. The summed E-state index contributed by atoms with van der Waals surface area (Å²) in [6.45, 7) is 2.40. The second kappa shape index (κ2) is 9.22. The van der Waals surface area contributed by atoms with Crippen molar-refractivity contribution in [1.82, 2.24) is 14.1 Å². The van der Waals surface area contributed by atoms with Crippen LogP contribution in [0, 0.1) is 6.92 Å². The molecule has 4 rings (SSSR count). The van der Waals surface area contributed by atoms with Crippen molar-refractivity contribution in [2.24, 2.45) is 0 Å². The largest absolute Gasteiger partial charge is 0.416 e. The molecule has 1 aliphatic heterocycles. The minimum atomic E-state index is -4.51. The van der Waals surface area contributed by atoms with E-state index < -0.39 is 27.7 Å². The van der Waals surface area contributed by atoms with E-state index >= 15 is 0 Å². The molecule has 1 N–H and O–H groups in total. The summed E-state index contributed by atoms with van der Waals surface area (Å²) in [5.41, 5.74) is -0.123. The van der Waals surface area contributed by atoms with Crippen molar-refractivity contribution >= 4 is 21.6 Å². The number of hydrogen-bond donors (Lipinski definition) is 1. The minimum absolute atomic E-state index is 0.00632. The minimum Gasteiger partial charge on any atom is -0.321 e. The standard InChI is InChI=1S/C23H23F3N4O3S/c1-16-19(15-27-30(16)18-9-7-8-17(14-18)23(24,25)26)22(31)28-20-10-3-4-11-21(20)34(32,33)29-12-5-2-6-13-29/h3-4,7-11,14-15H,2,5-6,12-13H2,1H3,(H,28,31). The number of nitrogens with one attached hydrogen (secondary N) is 1. The van der Waals surface area contributed by atoms with Crippen LogP contribution in [0.2, 0.25) is 0 Å². The van der Waals surface area contributed by atoms with Crippen molar-refractivity contribution in [3.63, 3.8) is 0 Å². The quantitative estimate of drug-likeness (QED) is 0.563. The van der Waals surface area contributed by atoms with Gasteiger partial charge in [0.05, 0.1) is 34.4 Å². The average Bonchev–Trinajstić information content (AvgIpc) is 3.21. The van der Waals surface area contributed by atoms with Crippen LogP contribution in [0.4, 0.5) is 18.9 Å². The molecule has 2 aromatic carbocycles. The van der Waals surface area contributed by atoms with Gasteiger partial charge in [0.2, 0.25) is 10.0 Å². The van der Waals surface area contributed by atoms with Crippen LogP contribution in [0.3, 0.4) is 0 Å². The van der Waals surface area contributed by atoms with Crippen molar-refractivity contribution in [3.05, 3.63) is 71.5 Å². The second-order valence-corrected chi connectivity index (χ2v) is 9.92. The summed E-state index contributed by atoms with van der Waals surface area (Å²) >= 11 is 0. The highest BCUT2D eigenvalue weighted by Crippen LogP contribution is 2.31. The lowest BCUT2D eigenvalue weighted by molar-refractivity contribution is -0.137. The first-order valence-corrected chi connectivity index (χ1v) is 12.2. The van der Waals surface area contributed by atoms with E-state index in [0.29, 0.717) is 18.8 Å². The summed E-state index contributed by atoms with van der Waals surface area (Å²) in [7, 11) is -3.80. The van der Waals surface area contributed by atoms with Gasteiger partial charge in [-0.2, -0.15) is 22.6 Å². The van der Waals surface area contributed by atoms with Crippen LogP contribution >= 0.6 is 0 Å². The van der Waals surface area contributed by atoms with Crippen molar-refractivity contribution in [2.75, 3.05) is 18.4 Å². The molecular weight excluding hydrogens is 469 g/mol. The van der Waals surface area contributed by atoms with Gasteiger partial charge in [0.25, 0.3) is 5.91 Å². The lowest BCUT2D eigenvalue weighted by atomic mass is 10.2. The average molecular weight is 493 g/mol. The number of alkyl halides is 3. The van der Waals surface area contributed by atoms with E-state index in [-0.39, 0.29) is 21.8 Å². The Morgan fingerprint density at radius 1 is 1.03 bits per heavy atom. The Labute approximate surface area is 195 Å². The highest BCUT2D eigenvalue weighted by molar-refractivity contribution is 7.89. The van der Waals surface area contributed by atoms with E-state index in [1.165, 1.54) is 39.4 Å². The van der Waals surface area contributed by atoms with Gasteiger partial charge in [-0.25, -0.2) is 13.1 Å². The Bertz CT molecular complexity index is 1310. The molecule has 0 atom stereocenters. The topological polar surface area (TPSA) is 84.3 Å². The zero-order chi connectivity index (χ0) is 24.5. The maximum Gasteiger partial charge on any atom is 0.416 e. The molecule has 0 aliphatic carbocycles. The van der Waals surface area contributed by atoms with Crippen LogP contribution in [-0.2, 0) is 16.2 Å². The van der Waals surface area contributed by atoms with E-state index in [0.717, 1.165) is 31.4 Å². The number of piperidine rings is 1. The molecule has 1 saturated heterocycles. The van der Waals surface area contributed by atoms with Gasteiger partial charge in [-0.3, -0.25) is 4.79 Å². The number of anilines is 1. The first kappa shape index (κ1) is 24.0. The molecule has 11 heteroatoms. The lowest BCUT2D eigenvalue weighted by Crippen LogP contribution is -2.36. The fourth-order valence-corrected chi connectivity index (χ4v) is 5.60. The Morgan fingerprint density at radius 3 is 2.44 bits per heavy atom. The third-order valence-electron chi connectivity index (χ3n) is 5.74. The fourth-order valence-electron chi connectivity index (χ4n) is 3.94. The summed E-state index contributed by atoms with van der Waals surface area (Å²) in [6.07, 6.45) is -0.740. The summed E-state index contributed by atoms with van der Waals surface area (Å²) < 4.78 is 68.2. The fraction of sp³-hybridized carbons (Fsp3) is 0.304. The van der Waals surface area contributed by atoms with Crippen molar-refractivity contribution in [3.8, 4) is 5.69 Å². The molecule has 1 aromatic heterocycles. The van der Waals surface area contributed by atoms with Crippen molar-refractivity contribution in [1.29, 1.82) is 0 Å². The second-order valence-electron chi connectivity index (χ2n) is 8.02. The number of para-hydroxylation sites is 1. The number of amides is 1. The number of nitrogens with zero attached hydrogens (tertiary/aromatic N) is 3. The number of benzene rings is 2. The number of carbonyl (C=O) groups is 1. The van der Waals surface area contributed by atoms with E-state index in [2.05, 4.69) is 10.4 Å². The Morgan fingerprint density at radius 2 is 1.74 bits per heavy atom. The molecule has 180 valence electrons. The zero-order valence-corrected chi connectivity index (χ0v) is 19.2. The highest BCUT2D eigenvalue weighted by atomic mass is 32.2. The monoisotopic (exact) mass is 492 g/mol. The first-order chi connectivity index (χ1) is 16.1. The lowest BCUT2D eigenvalue weighted by Gasteiger charge is -2.26. The van der Waals surface area contributed by atoms with Crippen LogP contribution in [0.25, 0.3) is 5.69 Å². The molecule has 7 nitrogen and oxygen atoms in total. The number of carbonyl (C=O) groups excluding carboxylic acids is 1. The molecule has 3 aromatic rings. The van der Waals surface area contributed by atoms with Gasteiger partial charge in [0.1, 0.15) is 4.90 Å². The van der Waals surface area contributed by atoms with Gasteiger partial charge >= 0.3 is 6.18 Å². The predicted octanol–water partition coefficient (Wildman–Crippen LogP) is 4.63. The molecule has 34 heavy (non-hydrogen) atoms. The van der Waals surface area contributed by atoms with Gasteiger partial charge in [0.15, 0.2) is 0 Å². The molecule has 1 fully saturated rings. The molecule has 1 aliphatic rings. The SMILES string of the molecule is Cc1c(C(=O)Nc2ccccc2S(=O)(=O)N2CCCCC2)cnn1-c1cccc(C(F)(F)F)c1. The maximum absolute atomic E-state index is 13.2. The highest BCUT2D eigenvalue weighted by Gasteiger charge is 2.31. The van der Waals surface area contributed by atoms with Crippen molar-refractivity contribution < 1.29 is 26.4 Å².